The Hall–Kier alpha value is -2.50. The van der Waals surface area contributed by atoms with Crippen LogP contribution in [0.3, 0.4) is 0 Å². The monoisotopic (exact) mass is 270 g/mol. The van der Waals surface area contributed by atoms with Crippen LogP contribution in [0.25, 0.3) is 22.8 Å². The van der Waals surface area contributed by atoms with Crippen LogP contribution in [0.1, 0.15) is 31.2 Å². The fraction of sp³-hybridized carbons (Fsp3) is 0.286. The van der Waals surface area contributed by atoms with Crippen LogP contribution in [0.5, 0.6) is 0 Å². The molecule has 0 spiro atoms. The zero-order chi connectivity index (χ0) is 14.1. The number of hydrogen-bond donors (Lipinski definition) is 0. The van der Waals surface area contributed by atoms with Gasteiger partial charge in [0, 0.05) is 23.9 Å². The largest absolute Gasteiger partial charge is 0.360 e. The van der Waals surface area contributed by atoms with Crippen LogP contribution in [0.4, 0.5) is 0 Å². The lowest BCUT2D eigenvalue weighted by Crippen LogP contribution is -1.89. The molecule has 0 bridgehead atoms. The molecule has 0 radical (unpaired) electrons. The molecule has 0 unspecified atom stereocenters. The second-order valence-electron chi connectivity index (χ2n) is 4.82. The van der Waals surface area contributed by atoms with Gasteiger partial charge in [-0.05, 0) is 19.1 Å². The summed E-state index contributed by atoms with van der Waals surface area (Å²) in [5.74, 6) is 1.91. The number of rotatable bonds is 3. The molecule has 0 saturated carbocycles. The number of nitrogens with zero attached hydrogens (tertiary/aromatic N) is 4. The van der Waals surface area contributed by atoms with E-state index < -0.39 is 0 Å². The summed E-state index contributed by atoms with van der Waals surface area (Å²) >= 11 is 0. The molecule has 0 aliphatic rings. The molecule has 0 aromatic carbocycles. The Kier molecular flexibility index (Phi) is 3.06. The SMILES string of the molecule is Cc1noc(C(C)C)c1-c1nc(-c2ccncc2)no1. The van der Waals surface area contributed by atoms with Crippen LogP contribution in [0.15, 0.2) is 33.6 Å². The van der Waals surface area contributed by atoms with Gasteiger partial charge in [0.05, 0.1) is 5.69 Å². The highest BCUT2D eigenvalue weighted by atomic mass is 16.5. The lowest BCUT2D eigenvalue weighted by atomic mass is 10.1. The summed E-state index contributed by atoms with van der Waals surface area (Å²) in [6.07, 6.45) is 3.38. The minimum atomic E-state index is 0.197. The number of hydrogen-bond acceptors (Lipinski definition) is 6. The lowest BCUT2D eigenvalue weighted by Gasteiger charge is -1.99. The maximum absolute atomic E-state index is 5.35. The molecule has 3 rings (SSSR count). The second-order valence-corrected chi connectivity index (χ2v) is 4.82. The molecule has 0 atom stereocenters. The smallest absolute Gasteiger partial charge is 0.263 e. The first-order chi connectivity index (χ1) is 9.66. The molecule has 0 aliphatic heterocycles. The van der Waals surface area contributed by atoms with Crippen molar-refractivity contribution in [3.63, 3.8) is 0 Å². The van der Waals surface area contributed by atoms with E-state index >= 15 is 0 Å². The number of aryl methyl sites for hydroxylation is 1. The molecule has 0 fully saturated rings. The zero-order valence-corrected chi connectivity index (χ0v) is 11.5. The van der Waals surface area contributed by atoms with Crippen molar-refractivity contribution in [1.29, 1.82) is 0 Å². The van der Waals surface area contributed by atoms with Gasteiger partial charge in [-0.15, -0.1) is 0 Å². The van der Waals surface area contributed by atoms with Gasteiger partial charge in [0.15, 0.2) is 5.76 Å². The van der Waals surface area contributed by atoms with E-state index in [0.717, 1.165) is 22.6 Å². The van der Waals surface area contributed by atoms with Crippen molar-refractivity contribution in [3.8, 4) is 22.8 Å². The van der Waals surface area contributed by atoms with Gasteiger partial charge in [-0.25, -0.2) is 0 Å². The predicted octanol–water partition coefficient (Wildman–Crippen LogP) is 3.22. The summed E-state index contributed by atoms with van der Waals surface area (Å²) in [7, 11) is 0. The Morgan fingerprint density at radius 2 is 1.80 bits per heavy atom. The van der Waals surface area contributed by atoms with Crippen molar-refractivity contribution in [1.82, 2.24) is 20.3 Å². The summed E-state index contributed by atoms with van der Waals surface area (Å²) < 4.78 is 10.7. The van der Waals surface area contributed by atoms with E-state index in [4.69, 9.17) is 9.05 Å². The maximum atomic E-state index is 5.35. The van der Waals surface area contributed by atoms with Crippen molar-refractivity contribution < 1.29 is 9.05 Å². The van der Waals surface area contributed by atoms with Gasteiger partial charge < -0.3 is 9.05 Å². The van der Waals surface area contributed by atoms with Crippen LogP contribution in [-0.2, 0) is 0 Å². The van der Waals surface area contributed by atoms with Crippen molar-refractivity contribution >= 4 is 0 Å². The number of pyridine rings is 1. The normalized spacial score (nSPS) is 11.2. The highest BCUT2D eigenvalue weighted by Crippen LogP contribution is 2.32. The third-order valence-electron chi connectivity index (χ3n) is 2.99. The second kappa shape index (κ2) is 4.88. The van der Waals surface area contributed by atoms with Crippen LogP contribution in [0.2, 0.25) is 0 Å². The molecular weight excluding hydrogens is 256 g/mol. The van der Waals surface area contributed by atoms with E-state index in [9.17, 15) is 0 Å². The average molecular weight is 270 g/mol. The summed E-state index contributed by atoms with van der Waals surface area (Å²) in [5.41, 5.74) is 2.39. The summed E-state index contributed by atoms with van der Waals surface area (Å²) in [6, 6.07) is 3.66. The highest BCUT2D eigenvalue weighted by molar-refractivity contribution is 5.62. The number of aromatic nitrogens is 4. The molecule has 6 heteroatoms. The van der Waals surface area contributed by atoms with Crippen molar-refractivity contribution in [2.24, 2.45) is 0 Å². The van der Waals surface area contributed by atoms with E-state index in [1.807, 2.05) is 32.9 Å². The Morgan fingerprint density at radius 1 is 1.05 bits per heavy atom. The standard InChI is InChI=1S/C14H14N4O2/c1-8(2)12-11(9(3)17-19-12)14-16-13(18-20-14)10-4-6-15-7-5-10/h4-8H,1-3H3. The van der Waals surface area contributed by atoms with E-state index in [1.54, 1.807) is 12.4 Å². The first-order valence-electron chi connectivity index (χ1n) is 6.37. The van der Waals surface area contributed by atoms with Gasteiger partial charge in [-0.3, -0.25) is 4.98 Å². The van der Waals surface area contributed by atoms with Gasteiger partial charge in [-0.2, -0.15) is 4.98 Å². The molecule has 3 aromatic rings. The maximum Gasteiger partial charge on any atom is 0.263 e. The van der Waals surface area contributed by atoms with Crippen LogP contribution in [-0.4, -0.2) is 20.3 Å². The van der Waals surface area contributed by atoms with Crippen molar-refractivity contribution in [2.75, 3.05) is 0 Å². The Morgan fingerprint density at radius 3 is 2.50 bits per heavy atom. The fourth-order valence-corrected chi connectivity index (χ4v) is 1.98. The van der Waals surface area contributed by atoms with Crippen LogP contribution in [0, 0.1) is 6.92 Å². The predicted molar refractivity (Wildman–Crippen MR) is 71.9 cm³/mol. The van der Waals surface area contributed by atoms with Crippen LogP contribution < -0.4 is 0 Å². The average Bonchev–Trinajstić information content (AvgIpc) is 3.06. The van der Waals surface area contributed by atoms with Gasteiger partial charge in [0.2, 0.25) is 5.82 Å². The van der Waals surface area contributed by atoms with Gasteiger partial charge in [0.1, 0.15) is 5.56 Å². The minimum absolute atomic E-state index is 0.197. The van der Waals surface area contributed by atoms with E-state index in [0.29, 0.717) is 11.7 Å². The van der Waals surface area contributed by atoms with E-state index in [1.165, 1.54) is 0 Å². The van der Waals surface area contributed by atoms with E-state index in [2.05, 4.69) is 20.3 Å². The quantitative estimate of drug-likeness (QED) is 0.727. The van der Waals surface area contributed by atoms with Gasteiger partial charge in [-0.1, -0.05) is 24.2 Å². The highest BCUT2D eigenvalue weighted by Gasteiger charge is 2.23. The lowest BCUT2D eigenvalue weighted by molar-refractivity contribution is 0.367. The molecule has 0 saturated heterocycles. The molecule has 0 N–H and O–H groups in total. The Bertz CT molecular complexity index is 716. The molecule has 0 aliphatic carbocycles. The third kappa shape index (κ3) is 2.09. The topological polar surface area (TPSA) is 77.8 Å². The van der Waals surface area contributed by atoms with Gasteiger partial charge in [0.25, 0.3) is 5.89 Å². The first-order valence-corrected chi connectivity index (χ1v) is 6.37. The third-order valence-corrected chi connectivity index (χ3v) is 2.99. The molecule has 3 heterocycles. The minimum Gasteiger partial charge on any atom is -0.360 e. The molecule has 3 aromatic heterocycles. The Labute approximate surface area is 115 Å². The molecular formula is C14H14N4O2. The molecule has 20 heavy (non-hydrogen) atoms. The van der Waals surface area contributed by atoms with Crippen molar-refractivity contribution in [2.45, 2.75) is 26.7 Å². The first kappa shape index (κ1) is 12.5. The molecule has 102 valence electrons. The fourth-order valence-electron chi connectivity index (χ4n) is 1.98. The zero-order valence-electron chi connectivity index (χ0n) is 11.5. The summed E-state index contributed by atoms with van der Waals surface area (Å²) in [6.45, 7) is 5.92. The van der Waals surface area contributed by atoms with Gasteiger partial charge >= 0.3 is 0 Å². The van der Waals surface area contributed by atoms with Crippen molar-refractivity contribution in [3.05, 3.63) is 36.0 Å². The summed E-state index contributed by atoms with van der Waals surface area (Å²) in [5, 5.41) is 7.98. The summed E-state index contributed by atoms with van der Waals surface area (Å²) in [4.78, 5) is 8.39. The van der Waals surface area contributed by atoms with E-state index in [-0.39, 0.29) is 5.92 Å². The van der Waals surface area contributed by atoms with Crippen LogP contribution >= 0.6 is 0 Å². The molecule has 6 nitrogen and oxygen atoms in total. The molecule has 0 amide bonds. The Balaban J connectivity index is 2.05.